The van der Waals surface area contributed by atoms with Gasteiger partial charge in [-0.2, -0.15) is 9.82 Å². The molecule has 0 bridgehead atoms. The average molecular weight is 350 g/mol. The number of aliphatic carboxylic acids is 1. The van der Waals surface area contributed by atoms with Crippen LogP contribution in [0.4, 0.5) is 0 Å². The monoisotopic (exact) mass is 349 g/mol. The van der Waals surface area contributed by atoms with E-state index in [1.165, 1.54) is 17.1 Å². The highest BCUT2D eigenvalue weighted by Crippen LogP contribution is 2.20. The maximum atomic E-state index is 12.2. The Hall–Kier alpha value is -1.42. The summed E-state index contributed by atoms with van der Waals surface area (Å²) in [4.78, 5) is 11.0. The lowest BCUT2D eigenvalue weighted by molar-refractivity contribution is -0.138. The third kappa shape index (κ3) is 4.07. The van der Waals surface area contributed by atoms with Crippen molar-refractivity contribution >= 4 is 27.6 Å². The second-order valence-electron chi connectivity index (χ2n) is 4.91. The number of hydrogen-bond acceptors (Lipinski definition) is 5. The quantitative estimate of drug-likeness (QED) is 0.750. The first-order valence-electron chi connectivity index (χ1n) is 6.50. The van der Waals surface area contributed by atoms with Gasteiger partial charge in [-0.3, -0.25) is 9.48 Å². The van der Waals surface area contributed by atoms with Crippen molar-refractivity contribution < 1.29 is 23.1 Å². The molecule has 1 fully saturated rings. The smallest absolute Gasteiger partial charge is 0.322 e. The van der Waals surface area contributed by atoms with Gasteiger partial charge in [-0.15, -0.1) is 0 Å². The van der Waals surface area contributed by atoms with E-state index >= 15 is 0 Å². The lowest BCUT2D eigenvalue weighted by Gasteiger charge is -2.13. The Kier molecular flexibility index (Phi) is 5.22. The number of nitrogens with zero attached hydrogens (tertiary/aromatic N) is 2. The van der Waals surface area contributed by atoms with Crippen LogP contribution in [0, 0.1) is 0 Å². The van der Waals surface area contributed by atoms with Crippen LogP contribution in [0.2, 0.25) is 0 Å². The minimum absolute atomic E-state index is 0.0122. The molecule has 1 saturated heterocycles. The fourth-order valence-corrected chi connectivity index (χ4v) is 3.33. The van der Waals surface area contributed by atoms with Gasteiger partial charge in [0.1, 0.15) is 10.9 Å². The summed E-state index contributed by atoms with van der Waals surface area (Å²) in [5.41, 5.74) is 0. The molecule has 0 aromatic carbocycles. The molecule has 122 valence electrons. The Morgan fingerprint density at radius 3 is 2.95 bits per heavy atom. The zero-order valence-corrected chi connectivity index (χ0v) is 13.2. The van der Waals surface area contributed by atoms with Crippen LogP contribution in [0.5, 0.6) is 0 Å². The summed E-state index contributed by atoms with van der Waals surface area (Å²) in [5, 5.41) is 13.1. The Balaban J connectivity index is 2.15. The van der Waals surface area contributed by atoms with E-state index in [0.717, 1.165) is 6.42 Å². The Morgan fingerprint density at radius 1 is 1.68 bits per heavy atom. The van der Waals surface area contributed by atoms with Crippen molar-refractivity contribution in [1.82, 2.24) is 14.5 Å². The molecule has 0 saturated carbocycles. The van der Waals surface area contributed by atoms with Crippen LogP contribution in [0.3, 0.4) is 0 Å². The minimum atomic E-state index is -4.01. The molecule has 0 radical (unpaired) electrons. The van der Waals surface area contributed by atoms with Crippen LogP contribution in [0.1, 0.15) is 18.9 Å². The maximum Gasteiger partial charge on any atom is 0.322 e. The molecule has 2 atom stereocenters. The Bertz CT molecular complexity index is 666. The van der Waals surface area contributed by atoms with E-state index < -0.39 is 22.0 Å². The van der Waals surface area contributed by atoms with Gasteiger partial charge < -0.3 is 9.84 Å². The number of halogens is 1. The molecule has 2 heterocycles. The predicted octanol–water partition coefficient (Wildman–Crippen LogP) is 0.719. The van der Waals surface area contributed by atoms with E-state index in [0.29, 0.717) is 13.2 Å². The molecule has 8 nitrogen and oxygen atoms in total. The molecular weight excluding hydrogens is 334 g/mol. The largest absolute Gasteiger partial charge is 0.480 e. The van der Waals surface area contributed by atoms with Crippen LogP contribution in [0.15, 0.2) is 28.9 Å². The molecule has 2 unspecified atom stereocenters. The van der Waals surface area contributed by atoms with Gasteiger partial charge >= 0.3 is 5.97 Å². The highest BCUT2D eigenvalue weighted by atomic mass is 35.5. The highest BCUT2D eigenvalue weighted by molar-refractivity contribution is 7.89. The average Bonchev–Trinajstić information content (AvgIpc) is 3.08. The first-order valence-corrected chi connectivity index (χ1v) is 8.36. The molecule has 0 spiro atoms. The summed E-state index contributed by atoms with van der Waals surface area (Å²) in [7, 11) is -4.01. The normalized spacial score (nSPS) is 20.0. The minimum Gasteiger partial charge on any atom is -0.480 e. The van der Waals surface area contributed by atoms with Crippen molar-refractivity contribution in [3.05, 3.63) is 24.0 Å². The summed E-state index contributed by atoms with van der Waals surface area (Å²) >= 11 is 5.56. The predicted molar refractivity (Wildman–Crippen MR) is 78.1 cm³/mol. The molecular formula is C12H16ClN3O5S. The number of nitrogens with one attached hydrogen (secondary N) is 1. The van der Waals surface area contributed by atoms with Gasteiger partial charge in [-0.25, -0.2) is 8.42 Å². The molecule has 2 rings (SSSR count). The second-order valence-corrected chi connectivity index (χ2v) is 7.16. The van der Waals surface area contributed by atoms with E-state index in [1.54, 1.807) is 0 Å². The van der Waals surface area contributed by atoms with E-state index in [9.17, 15) is 13.2 Å². The van der Waals surface area contributed by atoms with E-state index in [-0.39, 0.29) is 22.4 Å². The molecule has 2 N–H and O–H groups in total. The van der Waals surface area contributed by atoms with Crippen molar-refractivity contribution in [3.63, 3.8) is 0 Å². The number of carboxylic acid groups (broad SMARTS) is 1. The van der Waals surface area contributed by atoms with Crippen molar-refractivity contribution in [3.8, 4) is 0 Å². The third-order valence-electron chi connectivity index (χ3n) is 3.19. The molecule has 1 aliphatic rings. The summed E-state index contributed by atoms with van der Waals surface area (Å²) in [6.45, 7) is 4.45. The molecule has 0 amide bonds. The number of sulfonamides is 1. The van der Waals surface area contributed by atoms with Gasteiger partial charge in [0, 0.05) is 24.3 Å². The number of ether oxygens (including phenoxy) is 1. The molecule has 1 aliphatic heterocycles. The number of hydrogen-bond donors (Lipinski definition) is 2. The molecule has 1 aromatic heterocycles. The van der Waals surface area contributed by atoms with Gasteiger partial charge in [0.05, 0.1) is 18.8 Å². The summed E-state index contributed by atoms with van der Waals surface area (Å²) < 4.78 is 33.3. The SMILES string of the molecule is C=C(Cl)CC(NS(=O)(=O)c1cnn(C2CCOC2)c1)C(=O)O. The number of aromatic nitrogens is 2. The summed E-state index contributed by atoms with van der Waals surface area (Å²) in [5.74, 6) is -1.33. The highest BCUT2D eigenvalue weighted by Gasteiger charge is 2.28. The number of carbonyl (C=O) groups is 1. The van der Waals surface area contributed by atoms with Crippen LogP contribution in [-0.4, -0.2) is 48.5 Å². The topological polar surface area (TPSA) is 111 Å². The fraction of sp³-hybridized carbons (Fsp3) is 0.500. The van der Waals surface area contributed by atoms with Crippen molar-refractivity contribution in [2.24, 2.45) is 0 Å². The van der Waals surface area contributed by atoms with Gasteiger partial charge in [-0.1, -0.05) is 18.2 Å². The molecule has 1 aromatic rings. The summed E-state index contributed by atoms with van der Waals surface area (Å²) in [6, 6.07) is -1.39. The zero-order valence-electron chi connectivity index (χ0n) is 11.6. The van der Waals surface area contributed by atoms with Gasteiger partial charge in [0.25, 0.3) is 0 Å². The van der Waals surface area contributed by atoms with Gasteiger partial charge in [-0.05, 0) is 6.42 Å². The number of carboxylic acids is 1. The lowest BCUT2D eigenvalue weighted by atomic mass is 10.2. The second kappa shape index (κ2) is 6.78. The van der Waals surface area contributed by atoms with Crippen molar-refractivity contribution in [1.29, 1.82) is 0 Å². The lowest BCUT2D eigenvalue weighted by Crippen LogP contribution is -2.40. The zero-order chi connectivity index (χ0) is 16.3. The van der Waals surface area contributed by atoms with Gasteiger partial charge in [0.15, 0.2) is 0 Å². The van der Waals surface area contributed by atoms with Crippen molar-refractivity contribution in [2.75, 3.05) is 13.2 Å². The molecule has 10 heteroatoms. The fourth-order valence-electron chi connectivity index (χ4n) is 2.05. The molecule has 22 heavy (non-hydrogen) atoms. The first-order chi connectivity index (χ1) is 10.3. The van der Waals surface area contributed by atoms with Crippen LogP contribution in [-0.2, 0) is 19.6 Å². The molecule has 0 aliphatic carbocycles. The Morgan fingerprint density at radius 2 is 2.41 bits per heavy atom. The van der Waals surface area contributed by atoms with E-state index in [2.05, 4.69) is 16.4 Å². The number of rotatable bonds is 7. The summed E-state index contributed by atoms with van der Waals surface area (Å²) in [6.07, 6.45) is 3.07. The Labute approximate surface area is 132 Å². The standard InChI is InChI=1S/C12H16ClN3O5S/c1-8(13)4-11(12(17)18)15-22(19,20)10-5-14-16(6-10)9-2-3-21-7-9/h5-6,9,11,15H,1-4,7H2,(H,17,18). The van der Waals surface area contributed by atoms with Gasteiger partial charge in [0.2, 0.25) is 10.0 Å². The maximum absolute atomic E-state index is 12.2. The van der Waals surface area contributed by atoms with Crippen LogP contribution < -0.4 is 4.72 Å². The van der Waals surface area contributed by atoms with Crippen LogP contribution >= 0.6 is 11.6 Å². The first kappa shape index (κ1) is 16.9. The van der Waals surface area contributed by atoms with E-state index in [1.807, 2.05) is 0 Å². The van der Waals surface area contributed by atoms with Crippen LogP contribution in [0.25, 0.3) is 0 Å². The van der Waals surface area contributed by atoms with E-state index in [4.69, 9.17) is 21.4 Å². The third-order valence-corrected chi connectivity index (χ3v) is 4.77. The van der Waals surface area contributed by atoms with Crippen molar-refractivity contribution in [2.45, 2.75) is 29.8 Å².